The fourth-order valence-electron chi connectivity index (χ4n) is 3.04. The van der Waals surface area contributed by atoms with Gasteiger partial charge < -0.3 is 10.7 Å². The Morgan fingerprint density at radius 3 is 3.00 bits per heavy atom. The summed E-state index contributed by atoms with van der Waals surface area (Å²) >= 11 is 0. The van der Waals surface area contributed by atoms with Crippen LogP contribution in [0, 0.1) is 6.92 Å². The Labute approximate surface area is 107 Å². The van der Waals surface area contributed by atoms with Crippen molar-refractivity contribution in [2.45, 2.75) is 31.8 Å². The van der Waals surface area contributed by atoms with Gasteiger partial charge in [-0.3, -0.25) is 4.90 Å². The molecular formula is C14H20N4. The van der Waals surface area contributed by atoms with Crippen LogP contribution >= 0.6 is 0 Å². The lowest BCUT2D eigenvalue weighted by atomic mass is 9.91. The number of nitrogens with two attached hydrogens (primary N) is 1. The minimum atomic E-state index is 0.320. The molecule has 2 heterocycles. The lowest BCUT2D eigenvalue weighted by Crippen LogP contribution is -2.42. The lowest BCUT2D eigenvalue weighted by molar-refractivity contribution is 0.169. The molecule has 0 bridgehead atoms. The first-order valence-electron chi connectivity index (χ1n) is 6.54. The van der Waals surface area contributed by atoms with E-state index in [0.29, 0.717) is 12.1 Å². The number of hydrogen-bond donors (Lipinski definition) is 2. The molecular weight excluding hydrogens is 224 g/mol. The predicted octanol–water partition coefficient (Wildman–Crippen LogP) is 1.97. The molecule has 0 aliphatic carbocycles. The summed E-state index contributed by atoms with van der Waals surface area (Å²) in [6.45, 7) is 3.15. The van der Waals surface area contributed by atoms with Crippen LogP contribution in [-0.2, 0) is 0 Å². The Kier molecular flexibility index (Phi) is 2.84. The molecule has 1 aromatic carbocycles. The summed E-state index contributed by atoms with van der Waals surface area (Å²) < 4.78 is 0. The van der Waals surface area contributed by atoms with E-state index in [9.17, 15) is 0 Å². The Balaban J connectivity index is 2.00. The average molecular weight is 244 g/mol. The number of aromatic amines is 1. The second kappa shape index (κ2) is 4.37. The maximum absolute atomic E-state index is 6.02. The van der Waals surface area contributed by atoms with E-state index >= 15 is 0 Å². The number of likely N-dealkylation sites (N-methyl/N-ethyl adjacent to an activating group) is 1. The molecule has 0 saturated carbocycles. The molecule has 1 aliphatic rings. The van der Waals surface area contributed by atoms with Crippen LogP contribution in [-0.4, -0.2) is 34.5 Å². The van der Waals surface area contributed by atoms with Gasteiger partial charge in [-0.1, -0.05) is 0 Å². The van der Waals surface area contributed by atoms with E-state index in [4.69, 9.17) is 5.73 Å². The fourth-order valence-corrected chi connectivity index (χ4v) is 3.04. The minimum Gasteiger partial charge on any atom is -0.345 e. The van der Waals surface area contributed by atoms with Crippen molar-refractivity contribution in [2.24, 2.45) is 5.73 Å². The summed E-state index contributed by atoms with van der Waals surface area (Å²) in [5, 5.41) is 0. The van der Waals surface area contributed by atoms with Crippen LogP contribution in [0.1, 0.15) is 30.0 Å². The highest BCUT2D eigenvalue weighted by Crippen LogP contribution is 2.32. The van der Waals surface area contributed by atoms with Gasteiger partial charge in [-0.2, -0.15) is 0 Å². The third-order valence-corrected chi connectivity index (χ3v) is 4.03. The molecule has 1 saturated heterocycles. The maximum Gasteiger partial charge on any atom is 0.0931 e. The fraction of sp³-hybridized carbons (Fsp3) is 0.500. The highest BCUT2D eigenvalue weighted by molar-refractivity contribution is 5.76. The van der Waals surface area contributed by atoms with E-state index in [1.54, 1.807) is 6.33 Å². The van der Waals surface area contributed by atoms with Gasteiger partial charge in [0.15, 0.2) is 0 Å². The molecule has 3 rings (SSSR count). The first kappa shape index (κ1) is 11.7. The molecule has 4 heteroatoms. The lowest BCUT2D eigenvalue weighted by Gasteiger charge is -2.36. The number of H-pyrrole nitrogens is 1. The molecule has 2 aromatic rings. The van der Waals surface area contributed by atoms with Crippen molar-refractivity contribution in [3.63, 3.8) is 0 Å². The van der Waals surface area contributed by atoms with Gasteiger partial charge in [0.05, 0.1) is 17.4 Å². The number of fused-ring (bicyclic) bond motifs is 1. The number of piperidine rings is 1. The molecule has 1 fully saturated rings. The SMILES string of the molecule is Cc1cc2[nH]cnc2cc1C1CCC(N)CN1C. The first-order valence-corrected chi connectivity index (χ1v) is 6.54. The van der Waals surface area contributed by atoms with Crippen molar-refractivity contribution in [2.75, 3.05) is 13.6 Å². The van der Waals surface area contributed by atoms with Crippen molar-refractivity contribution < 1.29 is 0 Å². The molecule has 2 unspecified atom stereocenters. The van der Waals surface area contributed by atoms with Crippen LogP contribution in [0.2, 0.25) is 0 Å². The van der Waals surface area contributed by atoms with Gasteiger partial charge in [0.1, 0.15) is 0 Å². The van der Waals surface area contributed by atoms with E-state index in [1.807, 2.05) is 0 Å². The third-order valence-electron chi connectivity index (χ3n) is 4.03. The highest BCUT2D eigenvalue weighted by Gasteiger charge is 2.26. The number of nitrogens with zero attached hydrogens (tertiary/aromatic N) is 2. The average Bonchev–Trinajstić information content (AvgIpc) is 2.75. The molecule has 2 atom stereocenters. The van der Waals surface area contributed by atoms with E-state index in [0.717, 1.165) is 30.4 Å². The van der Waals surface area contributed by atoms with Gasteiger partial charge in [0.25, 0.3) is 0 Å². The zero-order valence-corrected chi connectivity index (χ0v) is 11.0. The number of rotatable bonds is 1. The summed E-state index contributed by atoms with van der Waals surface area (Å²) in [4.78, 5) is 9.89. The molecule has 4 nitrogen and oxygen atoms in total. The molecule has 96 valence electrons. The number of aryl methyl sites for hydroxylation is 1. The zero-order valence-electron chi connectivity index (χ0n) is 11.0. The van der Waals surface area contributed by atoms with E-state index < -0.39 is 0 Å². The van der Waals surface area contributed by atoms with Gasteiger partial charge in [-0.05, 0) is 50.1 Å². The second-order valence-electron chi connectivity index (χ2n) is 5.42. The molecule has 3 N–H and O–H groups in total. The molecule has 1 aliphatic heterocycles. The number of aromatic nitrogens is 2. The molecule has 0 spiro atoms. The van der Waals surface area contributed by atoms with Gasteiger partial charge in [0.2, 0.25) is 0 Å². The molecule has 1 aromatic heterocycles. The predicted molar refractivity (Wildman–Crippen MR) is 73.4 cm³/mol. The van der Waals surface area contributed by atoms with E-state index in [-0.39, 0.29) is 0 Å². The largest absolute Gasteiger partial charge is 0.345 e. The number of imidazole rings is 1. The Morgan fingerprint density at radius 2 is 2.22 bits per heavy atom. The minimum absolute atomic E-state index is 0.320. The van der Waals surface area contributed by atoms with Crippen molar-refractivity contribution in [3.05, 3.63) is 29.6 Å². The number of nitrogens with one attached hydrogen (secondary N) is 1. The van der Waals surface area contributed by atoms with Crippen LogP contribution in [0.4, 0.5) is 0 Å². The topological polar surface area (TPSA) is 57.9 Å². The number of likely N-dealkylation sites (tertiary alicyclic amines) is 1. The van der Waals surface area contributed by atoms with Gasteiger partial charge in [0, 0.05) is 18.6 Å². The summed E-state index contributed by atoms with van der Waals surface area (Å²) in [5.41, 5.74) is 10.9. The highest BCUT2D eigenvalue weighted by atomic mass is 15.2. The van der Waals surface area contributed by atoms with Crippen molar-refractivity contribution in [3.8, 4) is 0 Å². The van der Waals surface area contributed by atoms with Gasteiger partial charge in [-0.15, -0.1) is 0 Å². The third kappa shape index (κ3) is 1.91. The van der Waals surface area contributed by atoms with Crippen molar-refractivity contribution in [1.82, 2.24) is 14.9 Å². The van der Waals surface area contributed by atoms with Crippen LogP contribution in [0.3, 0.4) is 0 Å². The second-order valence-corrected chi connectivity index (χ2v) is 5.42. The van der Waals surface area contributed by atoms with Gasteiger partial charge >= 0.3 is 0 Å². The number of benzene rings is 1. The maximum atomic E-state index is 6.02. The van der Waals surface area contributed by atoms with E-state index in [1.165, 1.54) is 11.1 Å². The van der Waals surface area contributed by atoms with Gasteiger partial charge in [-0.25, -0.2) is 4.98 Å². The monoisotopic (exact) mass is 244 g/mol. The van der Waals surface area contributed by atoms with Crippen LogP contribution in [0.25, 0.3) is 11.0 Å². The zero-order chi connectivity index (χ0) is 12.7. The molecule has 0 radical (unpaired) electrons. The summed E-state index contributed by atoms with van der Waals surface area (Å²) in [6, 6.07) is 5.21. The Bertz CT molecular complexity index is 560. The Morgan fingerprint density at radius 1 is 1.39 bits per heavy atom. The van der Waals surface area contributed by atoms with Crippen molar-refractivity contribution in [1.29, 1.82) is 0 Å². The summed E-state index contributed by atoms with van der Waals surface area (Å²) in [6.07, 6.45) is 4.00. The quantitative estimate of drug-likeness (QED) is 0.806. The smallest absolute Gasteiger partial charge is 0.0931 e. The number of hydrogen-bond acceptors (Lipinski definition) is 3. The van der Waals surface area contributed by atoms with Crippen molar-refractivity contribution >= 4 is 11.0 Å². The van der Waals surface area contributed by atoms with Crippen LogP contribution < -0.4 is 5.73 Å². The summed E-state index contributed by atoms with van der Waals surface area (Å²) in [5.74, 6) is 0. The van der Waals surface area contributed by atoms with Crippen LogP contribution in [0.15, 0.2) is 18.5 Å². The standard InChI is InChI=1S/C14H20N4/c1-9-5-12-13(17-8-16-12)6-11(9)14-4-3-10(15)7-18(14)2/h5-6,8,10,14H,3-4,7,15H2,1-2H3,(H,16,17). The normalized spacial score (nSPS) is 25.7. The summed E-state index contributed by atoms with van der Waals surface area (Å²) in [7, 11) is 2.16. The van der Waals surface area contributed by atoms with E-state index in [2.05, 4.69) is 41.0 Å². The Hall–Kier alpha value is -1.39. The van der Waals surface area contributed by atoms with Crippen LogP contribution in [0.5, 0.6) is 0 Å². The molecule has 18 heavy (non-hydrogen) atoms. The molecule has 0 amide bonds. The first-order chi connectivity index (χ1) is 8.65.